The highest BCUT2D eigenvalue weighted by Gasteiger charge is 2.19. The van der Waals surface area contributed by atoms with Gasteiger partial charge >= 0.3 is 5.97 Å². The Balaban J connectivity index is 2.37. The minimum absolute atomic E-state index is 0.127. The molecule has 0 aromatic carbocycles. The maximum absolute atomic E-state index is 12.2. The van der Waals surface area contributed by atoms with Crippen molar-refractivity contribution in [3.05, 3.63) is 0 Å². The highest BCUT2D eigenvalue weighted by atomic mass is 16.4. The number of carboxylic acids is 1. The topological polar surface area (TPSA) is 60.9 Å². The van der Waals surface area contributed by atoms with Gasteiger partial charge in [0.1, 0.15) is 0 Å². The van der Waals surface area contributed by atoms with Crippen LogP contribution in [-0.2, 0) is 9.59 Å². The maximum atomic E-state index is 12.2. The minimum Gasteiger partial charge on any atom is -0.481 e. The quantitative estimate of drug-likeness (QED) is 0.821. The Morgan fingerprint density at radius 3 is 2.21 bits per heavy atom. The van der Waals surface area contributed by atoms with Crippen LogP contribution in [-0.4, -0.2) is 60.0 Å². The molecule has 0 aliphatic carbocycles. The van der Waals surface area contributed by atoms with E-state index in [-0.39, 0.29) is 5.91 Å². The van der Waals surface area contributed by atoms with Crippen molar-refractivity contribution in [3.63, 3.8) is 0 Å². The van der Waals surface area contributed by atoms with Crippen molar-refractivity contribution in [2.45, 2.75) is 39.0 Å². The zero-order valence-electron chi connectivity index (χ0n) is 12.1. The summed E-state index contributed by atoms with van der Waals surface area (Å²) < 4.78 is 0. The molecule has 1 atom stereocenters. The van der Waals surface area contributed by atoms with Gasteiger partial charge < -0.3 is 10.0 Å². The second kappa shape index (κ2) is 8.15. The summed E-state index contributed by atoms with van der Waals surface area (Å²) in [5, 5.41) is 8.86. The monoisotopic (exact) mass is 270 g/mol. The molecule has 0 aromatic rings. The summed E-state index contributed by atoms with van der Waals surface area (Å²) in [4.78, 5) is 26.7. The molecule has 19 heavy (non-hydrogen) atoms. The van der Waals surface area contributed by atoms with E-state index in [1.165, 1.54) is 19.3 Å². The third-order valence-corrected chi connectivity index (χ3v) is 3.62. The van der Waals surface area contributed by atoms with Gasteiger partial charge in [-0.3, -0.25) is 14.5 Å². The Morgan fingerprint density at radius 1 is 1.16 bits per heavy atom. The number of likely N-dealkylation sites (N-methyl/N-ethyl adjacent to an activating group) is 1. The fraction of sp³-hybridized carbons (Fsp3) is 0.857. The van der Waals surface area contributed by atoms with Crippen LogP contribution in [0.5, 0.6) is 0 Å². The highest BCUT2D eigenvalue weighted by Crippen LogP contribution is 2.11. The zero-order valence-corrected chi connectivity index (χ0v) is 12.1. The molecule has 1 saturated heterocycles. The predicted octanol–water partition coefficient (Wildman–Crippen LogP) is 1.43. The van der Waals surface area contributed by atoms with E-state index in [9.17, 15) is 9.59 Å². The van der Waals surface area contributed by atoms with Gasteiger partial charge in [0.05, 0.1) is 12.5 Å². The van der Waals surface area contributed by atoms with E-state index < -0.39 is 11.9 Å². The number of carbonyl (C=O) groups excluding carboxylic acids is 1. The molecule has 1 unspecified atom stereocenters. The number of aliphatic carboxylic acids is 1. The van der Waals surface area contributed by atoms with Crippen LogP contribution in [0.1, 0.15) is 39.0 Å². The number of hydrogen-bond donors (Lipinski definition) is 1. The molecule has 0 radical (unpaired) electrons. The van der Waals surface area contributed by atoms with E-state index in [4.69, 9.17) is 5.11 Å². The molecule has 1 amide bonds. The Hall–Kier alpha value is -1.10. The average molecular weight is 270 g/mol. The Labute approximate surface area is 115 Å². The lowest BCUT2D eigenvalue weighted by atomic mass is 10.1. The van der Waals surface area contributed by atoms with Crippen LogP contribution in [0, 0.1) is 5.92 Å². The minimum atomic E-state index is -0.814. The molecule has 1 aliphatic rings. The van der Waals surface area contributed by atoms with Crippen LogP contribution >= 0.6 is 0 Å². The van der Waals surface area contributed by atoms with E-state index in [1.54, 1.807) is 18.9 Å². The largest absolute Gasteiger partial charge is 0.481 e. The van der Waals surface area contributed by atoms with Crippen molar-refractivity contribution >= 4 is 11.9 Å². The van der Waals surface area contributed by atoms with Crippen molar-refractivity contribution in [3.8, 4) is 0 Å². The number of nitrogens with zero attached hydrogens (tertiary/aromatic N) is 2. The van der Waals surface area contributed by atoms with Crippen LogP contribution in [0.25, 0.3) is 0 Å². The van der Waals surface area contributed by atoms with E-state index in [1.807, 2.05) is 4.90 Å². The Morgan fingerprint density at radius 2 is 1.68 bits per heavy atom. The third kappa shape index (κ3) is 6.05. The van der Waals surface area contributed by atoms with Crippen molar-refractivity contribution in [1.82, 2.24) is 9.80 Å². The van der Waals surface area contributed by atoms with Crippen molar-refractivity contribution < 1.29 is 14.7 Å². The molecule has 0 bridgehead atoms. The average Bonchev–Trinajstić information content (AvgIpc) is 2.27. The summed E-state index contributed by atoms with van der Waals surface area (Å²) in [7, 11) is 1.81. The maximum Gasteiger partial charge on any atom is 0.307 e. The fourth-order valence-electron chi connectivity index (χ4n) is 2.44. The highest BCUT2D eigenvalue weighted by molar-refractivity contribution is 5.78. The first-order valence-corrected chi connectivity index (χ1v) is 7.20. The van der Waals surface area contributed by atoms with Crippen LogP contribution < -0.4 is 0 Å². The summed E-state index contributed by atoms with van der Waals surface area (Å²) in [5.74, 6) is -1.13. The molecule has 0 aromatic heterocycles. The van der Waals surface area contributed by atoms with E-state index in [0.29, 0.717) is 13.1 Å². The lowest BCUT2D eigenvalue weighted by Crippen LogP contribution is -2.42. The van der Waals surface area contributed by atoms with E-state index in [2.05, 4.69) is 0 Å². The van der Waals surface area contributed by atoms with Gasteiger partial charge in [-0.25, -0.2) is 0 Å². The number of likely N-dealkylation sites (tertiary alicyclic amines) is 1. The lowest BCUT2D eigenvalue weighted by Gasteiger charge is -2.27. The molecule has 1 N–H and O–H groups in total. The normalized spacial score (nSPS) is 18.8. The van der Waals surface area contributed by atoms with Crippen LogP contribution in [0.15, 0.2) is 0 Å². The Kier molecular flexibility index (Phi) is 6.84. The molecule has 110 valence electrons. The molecule has 5 heteroatoms. The third-order valence-electron chi connectivity index (χ3n) is 3.62. The number of hydrogen-bond acceptors (Lipinski definition) is 3. The smallest absolute Gasteiger partial charge is 0.307 e. The summed E-state index contributed by atoms with van der Waals surface area (Å²) in [5.41, 5.74) is 0. The van der Waals surface area contributed by atoms with Crippen molar-refractivity contribution in [1.29, 1.82) is 0 Å². The van der Waals surface area contributed by atoms with Gasteiger partial charge in [-0.1, -0.05) is 26.2 Å². The number of carboxylic acid groups (broad SMARTS) is 1. The van der Waals surface area contributed by atoms with Crippen LogP contribution in [0.2, 0.25) is 0 Å². The molecular formula is C14H26N2O3. The second-order valence-electron chi connectivity index (χ2n) is 5.58. The van der Waals surface area contributed by atoms with Crippen LogP contribution in [0.4, 0.5) is 0 Å². The second-order valence-corrected chi connectivity index (χ2v) is 5.58. The fourth-order valence-corrected chi connectivity index (χ4v) is 2.44. The first-order valence-electron chi connectivity index (χ1n) is 7.20. The van der Waals surface area contributed by atoms with Gasteiger partial charge in [0.2, 0.25) is 5.91 Å². The lowest BCUT2D eigenvalue weighted by molar-refractivity contribution is -0.142. The molecule has 1 fully saturated rings. The molecule has 1 heterocycles. The van der Waals surface area contributed by atoms with E-state index in [0.717, 1.165) is 25.9 Å². The first-order chi connectivity index (χ1) is 9.00. The van der Waals surface area contributed by atoms with E-state index >= 15 is 0 Å². The number of carbonyl (C=O) groups is 2. The Bertz CT molecular complexity index is 299. The molecule has 5 nitrogen and oxygen atoms in total. The van der Waals surface area contributed by atoms with Crippen molar-refractivity contribution in [2.24, 2.45) is 5.92 Å². The molecular weight excluding hydrogens is 244 g/mol. The van der Waals surface area contributed by atoms with Gasteiger partial charge in [-0.2, -0.15) is 0 Å². The SMILES string of the molecule is CC(CN(C)CC(=O)N1CCCCCCC1)C(=O)O. The van der Waals surface area contributed by atoms with Gasteiger partial charge in [0.15, 0.2) is 0 Å². The standard InChI is InChI=1S/C14H26N2O3/c1-12(14(18)19)10-15(2)11-13(17)16-8-6-4-3-5-7-9-16/h12H,3-11H2,1-2H3,(H,18,19). The number of rotatable bonds is 5. The predicted molar refractivity (Wildman–Crippen MR) is 74.0 cm³/mol. The van der Waals surface area contributed by atoms with Gasteiger partial charge in [0, 0.05) is 19.6 Å². The number of amides is 1. The van der Waals surface area contributed by atoms with Crippen molar-refractivity contribution in [2.75, 3.05) is 33.2 Å². The molecule has 0 saturated carbocycles. The molecule has 1 aliphatic heterocycles. The van der Waals surface area contributed by atoms with Gasteiger partial charge in [0.25, 0.3) is 0 Å². The van der Waals surface area contributed by atoms with Crippen LogP contribution in [0.3, 0.4) is 0 Å². The zero-order chi connectivity index (χ0) is 14.3. The first kappa shape index (κ1) is 16.0. The molecule has 0 spiro atoms. The summed E-state index contributed by atoms with van der Waals surface area (Å²) in [6.45, 7) is 4.09. The van der Waals surface area contributed by atoms with Gasteiger partial charge in [-0.15, -0.1) is 0 Å². The summed E-state index contributed by atoms with van der Waals surface area (Å²) >= 11 is 0. The molecule has 1 rings (SSSR count). The summed E-state index contributed by atoms with van der Waals surface area (Å²) in [6, 6.07) is 0. The summed E-state index contributed by atoms with van der Waals surface area (Å²) in [6.07, 6.45) is 5.85. The van der Waals surface area contributed by atoms with Gasteiger partial charge in [-0.05, 0) is 19.9 Å².